The Labute approximate surface area is 188 Å². The molecule has 2 aromatic carbocycles. The summed E-state index contributed by atoms with van der Waals surface area (Å²) in [4.78, 5) is 2.29. The van der Waals surface area contributed by atoms with E-state index in [1.165, 1.54) is 42.8 Å². The number of rotatable bonds is 3. The molecule has 29 heavy (non-hydrogen) atoms. The van der Waals surface area contributed by atoms with E-state index < -0.39 is 5.72 Å². The molecule has 0 amide bonds. The zero-order valence-electron chi connectivity index (χ0n) is 16.8. The highest BCUT2D eigenvalue weighted by atomic mass is 79.9. The van der Waals surface area contributed by atoms with Crippen LogP contribution in [0.1, 0.15) is 55.6 Å². The molecule has 2 aromatic rings. The Hall–Kier alpha value is -1.30. The van der Waals surface area contributed by atoms with Gasteiger partial charge >= 0.3 is 5.17 Å². The largest absolute Gasteiger partial charge is 1.00 e. The van der Waals surface area contributed by atoms with Gasteiger partial charge in [0.05, 0.1) is 6.54 Å². The summed E-state index contributed by atoms with van der Waals surface area (Å²) in [6.07, 6.45) is 7.82. The zero-order valence-corrected chi connectivity index (χ0v) is 19.2. The van der Waals surface area contributed by atoms with Gasteiger partial charge in [0.25, 0.3) is 5.72 Å². The minimum atomic E-state index is -0.955. The van der Waals surface area contributed by atoms with E-state index in [9.17, 15) is 5.11 Å². The van der Waals surface area contributed by atoms with E-state index in [1.54, 1.807) is 0 Å². The molecular formula is C24H29BrN2OS. The van der Waals surface area contributed by atoms with Gasteiger partial charge in [0.15, 0.2) is 6.54 Å². The Bertz CT molecular complexity index is 864. The molecule has 1 N–H and O–H groups in total. The average Bonchev–Trinajstić information content (AvgIpc) is 3.09. The van der Waals surface area contributed by atoms with Crippen molar-refractivity contribution in [3.63, 3.8) is 0 Å². The van der Waals surface area contributed by atoms with E-state index in [0.29, 0.717) is 12.5 Å². The Morgan fingerprint density at radius 1 is 0.931 bits per heavy atom. The first kappa shape index (κ1) is 21.0. The number of aliphatic hydroxyl groups is 1. The predicted octanol–water partition coefficient (Wildman–Crippen LogP) is 1.91. The minimum absolute atomic E-state index is 0. The van der Waals surface area contributed by atoms with Gasteiger partial charge in [-0.1, -0.05) is 61.7 Å². The van der Waals surface area contributed by atoms with E-state index in [0.717, 1.165) is 30.0 Å². The topological polar surface area (TPSA) is 26.5 Å². The molecule has 3 nitrogen and oxygen atoms in total. The van der Waals surface area contributed by atoms with Crippen molar-refractivity contribution in [1.29, 1.82) is 0 Å². The second kappa shape index (κ2) is 8.83. The Balaban J connectivity index is 0.00000205. The number of thioether (sulfide) groups is 1. The maximum absolute atomic E-state index is 11.8. The molecule has 5 heteroatoms. The number of para-hydroxylation sites is 1. The van der Waals surface area contributed by atoms with Crippen LogP contribution in [-0.4, -0.2) is 33.7 Å². The SMILES string of the molecule is OC1(c2ccc(C3CCCCC3)cc2)CN(c2ccccc2)C2=[N+]1CCCS2.[Br-]. The quantitative estimate of drug-likeness (QED) is 0.691. The molecule has 1 aliphatic carbocycles. The normalized spacial score (nSPS) is 24.9. The summed E-state index contributed by atoms with van der Waals surface area (Å²) in [5.41, 5.74) is 2.67. The Kier molecular flexibility index (Phi) is 6.38. The zero-order chi connectivity index (χ0) is 19.0. The van der Waals surface area contributed by atoms with E-state index >= 15 is 0 Å². The van der Waals surface area contributed by atoms with Crippen LogP contribution in [0, 0.1) is 0 Å². The lowest BCUT2D eigenvalue weighted by molar-refractivity contribution is -0.656. The van der Waals surface area contributed by atoms with Gasteiger partial charge in [-0.15, -0.1) is 0 Å². The summed E-state index contributed by atoms with van der Waals surface area (Å²) >= 11 is 1.87. The highest BCUT2D eigenvalue weighted by Gasteiger charge is 2.53. The summed E-state index contributed by atoms with van der Waals surface area (Å²) in [5, 5.41) is 13.0. The monoisotopic (exact) mass is 472 g/mol. The maximum Gasteiger partial charge on any atom is 0.316 e. The van der Waals surface area contributed by atoms with Gasteiger partial charge in [-0.25, -0.2) is 9.48 Å². The molecule has 154 valence electrons. The first-order valence-corrected chi connectivity index (χ1v) is 11.7. The van der Waals surface area contributed by atoms with Crippen LogP contribution >= 0.6 is 11.8 Å². The number of benzene rings is 2. The molecular weight excluding hydrogens is 444 g/mol. The van der Waals surface area contributed by atoms with Crippen molar-refractivity contribution in [3.8, 4) is 0 Å². The van der Waals surface area contributed by atoms with Gasteiger partial charge in [-0.05, 0) is 54.6 Å². The van der Waals surface area contributed by atoms with Crippen molar-refractivity contribution < 1.29 is 26.7 Å². The second-order valence-electron chi connectivity index (χ2n) is 8.33. The van der Waals surface area contributed by atoms with Crippen LogP contribution < -0.4 is 21.9 Å². The summed E-state index contributed by atoms with van der Waals surface area (Å²) < 4.78 is 2.23. The van der Waals surface area contributed by atoms with E-state index in [2.05, 4.69) is 58.0 Å². The van der Waals surface area contributed by atoms with Gasteiger partial charge in [0.1, 0.15) is 5.69 Å². The summed E-state index contributed by atoms with van der Waals surface area (Å²) in [5.74, 6) is 1.82. The fourth-order valence-electron chi connectivity index (χ4n) is 5.01. The van der Waals surface area contributed by atoms with E-state index in [1.807, 2.05) is 17.8 Å². The molecule has 0 radical (unpaired) electrons. The molecule has 3 aliphatic rings. The number of hydrogen-bond donors (Lipinski definition) is 1. The number of hydrogen-bond acceptors (Lipinski definition) is 3. The van der Waals surface area contributed by atoms with Crippen molar-refractivity contribution in [1.82, 2.24) is 0 Å². The number of nitrogens with zero attached hydrogens (tertiary/aromatic N) is 2. The number of β-amino-alcohol motifs (C(OH)–C–C–N with tert-alkyl or cyclic N) is 1. The highest BCUT2D eigenvalue weighted by Crippen LogP contribution is 2.39. The van der Waals surface area contributed by atoms with Gasteiger partial charge in [0, 0.05) is 11.3 Å². The van der Waals surface area contributed by atoms with Gasteiger partial charge in [-0.3, -0.25) is 0 Å². The molecule has 2 heterocycles. The van der Waals surface area contributed by atoms with Crippen molar-refractivity contribution in [2.24, 2.45) is 0 Å². The molecule has 0 bridgehead atoms. The number of halogens is 1. The highest BCUT2D eigenvalue weighted by molar-refractivity contribution is 8.13. The second-order valence-corrected chi connectivity index (χ2v) is 9.39. The number of anilines is 1. The lowest BCUT2D eigenvalue weighted by Gasteiger charge is -2.26. The van der Waals surface area contributed by atoms with Crippen molar-refractivity contribution in [2.45, 2.75) is 50.2 Å². The first-order valence-electron chi connectivity index (χ1n) is 10.7. The van der Waals surface area contributed by atoms with Crippen LogP contribution in [0.25, 0.3) is 0 Å². The number of amidine groups is 1. The Morgan fingerprint density at radius 3 is 2.38 bits per heavy atom. The lowest BCUT2D eigenvalue weighted by atomic mass is 9.83. The van der Waals surface area contributed by atoms with Crippen LogP contribution in [0.3, 0.4) is 0 Å². The van der Waals surface area contributed by atoms with E-state index in [-0.39, 0.29) is 17.0 Å². The first-order chi connectivity index (χ1) is 13.8. The van der Waals surface area contributed by atoms with Crippen molar-refractivity contribution in [3.05, 3.63) is 65.7 Å². The molecule has 0 aromatic heterocycles. The summed E-state index contributed by atoms with van der Waals surface area (Å²) in [7, 11) is 0. The third kappa shape index (κ3) is 3.89. The van der Waals surface area contributed by atoms with Gasteiger partial charge in [-0.2, -0.15) is 0 Å². The Morgan fingerprint density at radius 2 is 1.66 bits per heavy atom. The predicted molar refractivity (Wildman–Crippen MR) is 117 cm³/mol. The molecule has 0 spiro atoms. The standard InChI is InChI=1S/C24H29N2OS.BrH/c27-24(21-14-12-20(13-15-21)19-8-3-1-4-9-19)18-25(22-10-5-2-6-11-22)23-26(24)16-7-17-28-23;/h2,5-6,10-15,19,27H,1,3-4,7-9,16-18H2;1H/q+1;/p-1. The molecule has 5 rings (SSSR count). The molecule has 1 fully saturated rings. The fourth-order valence-corrected chi connectivity index (χ4v) is 6.19. The average molecular weight is 473 g/mol. The summed E-state index contributed by atoms with van der Waals surface area (Å²) in [6, 6.07) is 19.4. The molecule has 0 saturated heterocycles. The molecule has 1 saturated carbocycles. The third-order valence-corrected chi connectivity index (χ3v) is 7.75. The lowest BCUT2D eigenvalue weighted by Crippen LogP contribution is -3.00. The van der Waals surface area contributed by atoms with E-state index in [4.69, 9.17) is 0 Å². The van der Waals surface area contributed by atoms with Gasteiger partial charge in [0.2, 0.25) is 0 Å². The van der Waals surface area contributed by atoms with Gasteiger partial charge < -0.3 is 22.1 Å². The third-order valence-electron chi connectivity index (χ3n) is 6.56. The summed E-state index contributed by atoms with van der Waals surface area (Å²) in [6.45, 7) is 1.49. The molecule has 2 aliphatic heterocycles. The molecule has 1 atom stereocenters. The van der Waals surface area contributed by atoms with Crippen molar-refractivity contribution >= 4 is 22.6 Å². The van der Waals surface area contributed by atoms with Crippen LogP contribution in [0.4, 0.5) is 5.69 Å². The van der Waals surface area contributed by atoms with Crippen LogP contribution in [0.2, 0.25) is 0 Å². The minimum Gasteiger partial charge on any atom is -1.00 e. The van der Waals surface area contributed by atoms with Crippen molar-refractivity contribution in [2.75, 3.05) is 23.7 Å². The smallest absolute Gasteiger partial charge is 0.316 e. The van der Waals surface area contributed by atoms with Crippen LogP contribution in [0.15, 0.2) is 54.6 Å². The van der Waals surface area contributed by atoms with Crippen LogP contribution in [-0.2, 0) is 5.72 Å². The van der Waals surface area contributed by atoms with Crippen LogP contribution in [0.5, 0.6) is 0 Å². The fraction of sp³-hybridized carbons (Fsp3) is 0.458. The molecule has 1 unspecified atom stereocenters. The maximum atomic E-state index is 11.8.